The average molecular weight is 294 g/mol. The molecular formula is C15H17ClFN3. The Morgan fingerprint density at radius 2 is 2.25 bits per heavy atom. The zero-order valence-electron chi connectivity index (χ0n) is 11.3. The Morgan fingerprint density at radius 1 is 1.40 bits per heavy atom. The van der Waals surface area contributed by atoms with E-state index in [0.29, 0.717) is 6.04 Å². The number of imidazole rings is 1. The maximum Gasteiger partial charge on any atom is 0.143 e. The average Bonchev–Trinajstić information content (AvgIpc) is 2.91. The lowest BCUT2D eigenvalue weighted by Crippen LogP contribution is -2.35. The summed E-state index contributed by atoms with van der Waals surface area (Å²) in [7, 11) is 0. The van der Waals surface area contributed by atoms with Gasteiger partial charge in [-0.05, 0) is 44.4 Å². The molecule has 2 heterocycles. The smallest absolute Gasteiger partial charge is 0.143 e. The molecule has 0 radical (unpaired) electrons. The van der Waals surface area contributed by atoms with Gasteiger partial charge >= 0.3 is 0 Å². The van der Waals surface area contributed by atoms with Crippen molar-refractivity contribution in [1.29, 1.82) is 0 Å². The minimum absolute atomic E-state index is 0.139. The summed E-state index contributed by atoms with van der Waals surface area (Å²) in [5, 5.41) is 3.71. The molecule has 0 bridgehead atoms. The lowest BCUT2D eigenvalue weighted by molar-refractivity contribution is 0.334. The van der Waals surface area contributed by atoms with Crippen LogP contribution in [0, 0.1) is 5.82 Å². The maximum absolute atomic E-state index is 13.6. The van der Waals surface area contributed by atoms with Crippen molar-refractivity contribution in [2.24, 2.45) is 0 Å². The number of halogens is 2. The molecule has 1 fully saturated rings. The van der Waals surface area contributed by atoms with Gasteiger partial charge in [0.1, 0.15) is 5.82 Å². The Balaban J connectivity index is 1.95. The van der Waals surface area contributed by atoms with E-state index in [-0.39, 0.29) is 11.1 Å². The van der Waals surface area contributed by atoms with Crippen LogP contribution >= 0.6 is 11.6 Å². The Hall–Kier alpha value is -1.39. The highest BCUT2D eigenvalue weighted by Crippen LogP contribution is 2.28. The standard InChI is InChI=1S/C15H17ClFN3/c1-10-3-2-4-14(19-10)15-8-18-9-20(15)11-5-6-12(16)13(17)7-11/h5-10,14,19H,2-4H2,1H3. The monoisotopic (exact) mass is 293 g/mol. The van der Waals surface area contributed by atoms with Gasteiger partial charge < -0.3 is 9.88 Å². The predicted octanol–water partition coefficient (Wildman–Crippen LogP) is 3.87. The summed E-state index contributed by atoms with van der Waals surface area (Å²) in [6.07, 6.45) is 7.03. The van der Waals surface area contributed by atoms with Crippen LogP contribution < -0.4 is 5.32 Å². The molecular weight excluding hydrogens is 277 g/mol. The molecule has 3 nitrogen and oxygen atoms in total. The van der Waals surface area contributed by atoms with Crippen molar-refractivity contribution in [3.05, 3.63) is 47.3 Å². The third kappa shape index (κ3) is 2.58. The van der Waals surface area contributed by atoms with Crippen LogP contribution in [0.25, 0.3) is 5.69 Å². The van der Waals surface area contributed by atoms with E-state index < -0.39 is 5.82 Å². The van der Waals surface area contributed by atoms with Gasteiger partial charge in [0.15, 0.2) is 0 Å². The van der Waals surface area contributed by atoms with Crippen molar-refractivity contribution >= 4 is 11.6 Å². The van der Waals surface area contributed by atoms with Crippen molar-refractivity contribution in [1.82, 2.24) is 14.9 Å². The SMILES string of the molecule is CC1CCCC(c2cncn2-c2ccc(Cl)c(F)c2)N1. The van der Waals surface area contributed by atoms with E-state index >= 15 is 0 Å². The molecule has 0 spiro atoms. The maximum atomic E-state index is 13.6. The Labute approximate surface area is 122 Å². The molecule has 2 aromatic rings. The topological polar surface area (TPSA) is 29.9 Å². The highest BCUT2D eigenvalue weighted by molar-refractivity contribution is 6.30. The molecule has 0 aliphatic carbocycles. The quantitative estimate of drug-likeness (QED) is 0.911. The van der Waals surface area contributed by atoms with E-state index in [4.69, 9.17) is 11.6 Å². The van der Waals surface area contributed by atoms with Crippen LogP contribution in [0.1, 0.15) is 37.9 Å². The normalized spacial score (nSPS) is 22.9. The van der Waals surface area contributed by atoms with Gasteiger partial charge in [-0.1, -0.05) is 11.6 Å². The molecule has 2 unspecified atom stereocenters. The molecule has 2 atom stereocenters. The first-order valence-corrected chi connectivity index (χ1v) is 7.26. The van der Waals surface area contributed by atoms with E-state index in [1.165, 1.54) is 18.9 Å². The fraction of sp³-hybridized carbons (Fsp3) is 0.400. The van der Waals surface area contributed by atoms with E-state index in [1.807, 2.05) is 16.8 Å². The third-order valence-corrected chi connectivity index (χ3v) is 4.13. The number of nitrogens with zero attached hydrogens (tertiary/aromatic N) is 2. The zero-order valence-corrected chi connectivity index (χ0v) is 12.1. The molecule has 1 aliphatic rings. The first-order valence-electron chi connectivity index (χ1n) is 6.89. The van der Waals surface area contributed by atoms with Crippen LogP contribution in [0.5, 0.6) is 0 Å². The number of nitrogens with one attached hydrogen (secondary N) is 1. The van der Waals surface area contributed by atoms with Crippen molar-refractivity contribution in [3.8, 4) is 5.69 Å². The van der Waals surface area contributed by atoms with Crippen molar-refractivity contribution in [2.75, 3.05) is 0 Å². The van der Waals surface area contributed by atoms with E-state index in [2.05, 4.69) is 17.2 Å². The van der Waals surface area contributed by atoms with E-state index in [0.717, 1.165) is 17.8 Å². The highest BCUT2D eigenvalue weighted by Gasteiger charge is 2.22. The fourth-order valence-corrected chi connectivity index (χ4v) is 2.90. The van der Waals surface area contributed by atoms with Crippen LogP contribution in [-0.4, -0.2) is 15.6 Å². The first kappa shape index (κ1) is 13.6. The van der Waals surface area contributed by atoms with Gasteiger partial charge in [0, 0.05) is 17.8 Å². The van der Waals surface area contributed by atoms with Gasteiger partial charge in [-0.3, -0.25) is 0 Å². The summed E-state index contributed by atoms with van der Waals surface area (Å²) in [4.78, 5) is 4.22. The number of aromatic nitrogens is 2. The van der Waals surface area contributed by atoms with Crippen LogP contribution in [0.2, 0.25) is 5.02 Å². The Kier molecular flexibility index (Phi) is 3.76. The molecule has 1 N–H and O–H groups in total. The number of hydrogen-bond donors (Lipinski definition) is 1. The van der Waals surface area contributed by atoms with Gasteiger partial charge in [0.05, 0.1) is 23.2 Å². The summed E-state index contributed by atoms with van der Waals surface area (Å²) in [6, 6.07) is 5.59. The minimum Gasteiger partial charge on any atom is -0.306 e. The number of benzene rings is 1. The van der Waals surface area contributed by atoms with E-state index in [1.54, 1.807) is 12.4 Å². The lowest BCUT2D eigenvalue weighted by Gasteiger charge is -2.29. The summed E-state index contributed by atoms with van der Waals surface area (Å²) in [6.45, 7) is 2.19. The molecule has 0 amide bonds. The molecule has 0 saturated carbocycles. The van der Waals surface area contributed by atoms with Crippen LogP contribution in [0.4, 0.5) is 4.39 Å². The predicted molar refractivity (Wildman–Crippen MR) is 77.7 cm³/mol. The number of hydrogen-bond acceptors (Lipinski definition) is 2. The van der Waals surface area contributed by atoms with Crippen molar-refractivity contribution in [2.45, 2.75) is 38.3 Å². The zero-order chi connectivity index (χ0) is 14.1. The summed E-state index contributed by atoms with van der Waals surface area (Å²) in [5.74, 6) is -0.409. The van der Waals surface area contributed by atoms with E-state index in [9.17, 15) is 4.39 Å². The van der Waals surface area contributed by atoms with Crippen LogP contribution in [-0.2, 0) is 0 Å². The van der Waals surface area contributed by atoms with Crippen molar-refractivity contribution in [3.63, 3.8) is 0 Å². The molecule has 3 rings (SSSR count). The molecule has 106 valence electrons. The third-order valence-electron chi connectivity index (χ3n) is 3.82. The van der Waals surface area contributed by atoms with Crippen LogP contribution in [0.3, 0.4) is 0 Å². The lowest BCUT2D eigenvalue weighted by atomic mass is 9.97. The minimum atomic E-state index is -0.409. The van der Waals surface area contributed by atoms with Gasteiger partial charge in [0.25, 0.3) is 0 Å². The van der Waals surface area contributed by atoms with Gasteiger partial charge in [0.2, 0.25) is 0 Å². The Morgan fingerprint density at radius 3 is 3.00 bits per heavy atom. The van der Waals surface area contributed by atoms with Crippen LogP contribution in [0.15, 0.2) is 30.7 Å². The first-order chi connectivity index (χ1) is 9.65. The summed E-state index contributed by atoms with van der Waals surface area (Å²) >= 11 is 5.74. The highest BCUT2D eigenvalue weighted by atomic mass is 35.5. The molecule has 5 heteroatoms. The molecule has 20 heavy (non-hydrogen) atoms. The Bertz CT molecular complexity index is 611. The number of rotatable bonds is 2. The number of piperidine rings is 1. The van der Waals surface area contributed by atoms with Gasteiger partial charge in [-0.25, -0.2) is 9.37 Å². The molecule has 1 aromatic heterocycles. The second-order valence-electron chi connectivity index (χ2n) is 5.34. The second-order valence-corrected chi connectivity index (χ2v) is 5.75. The summed E-state index contributed by atoms with van der Waals surface area (Å²) in [5.41, 5.74) is 1.82. The molecule has 1 saturated heterocycles. The van der Waals surface area contributed by atoms with Gasteiger partial charge in [-0.2, -0.15) is 0 Å². The van der Waals surface area contributed by atoms with Crippen molar-refractivity contribution < 1.29 is 4.39 Å². The second kappa shape index (κ2) is 5.54. The summed E-state index contributed by atoms with van der Waals surface area (Å²) < 4.78 is 15.6. The largest absolute Gasteiger partial charge is 0.306 e. The molecule has 1 aliphatic heterocycles. The van der Waals surface area contributed by atoms with Gasteiger partial charge in [-0.15, -0.1) is 0 Å². The molecule has 1 aromatic carbocycles. The fourth-order valence-electron chi connectivity index (χ4n) is 2.79.